The highest BCUT2D eigenvalue weighted by Crippen LogP contribution is 2.26. The van der Waals surface area contributed by atoms with Crippen molar-refractivity contribution < 1.29 is 20.5 Å². The molecule has 0 aliphatic heterocycles. The Kier molecular flexibility index (Phi) is 9.77. The van der Waals surface area contributed by atoms with E-state index in [4.69, 9.17) is 9.47 Å². The van der Waals surface area contributed by atoms with Gasteiger partial charge in [-0.3, -0.25) is 9.59 Å². The van der Waals surface area contributed by atoms with Crippen LogP contribution in [-0.4, -0.2) is 42.7 Å². The lowest BCUT2D eigenvalue weighted by Gasteiger charge is -2.30. The molecule has 0 heterocycles. The Hall–Kier alpha value is -0.940. The fourth-order valence-corrected chi connectivity index (χ4v) is 4.35. The number of amides is 1. The molecule has 0 aromatic rings. The normalized spacial score (nSPS) is 28.9. The summed E-state index contributed by atoms with van der Waals surface area (Å²) in [6.45, 7) is 6.77. The first-order valence-corrected chi connectivity index (χ1v) is 11.1. The molecule has 0 aromatic carbocycles. The summed E-state index contributed by atoms with van der Waals surface area (Å²) in [7, 11) is 0. The Morgan fingerprint density at radius 3 is 2.22 bits per heavy atom. The first-order chi connectivity index (χ1) is 13.0. The molecule has 5 nitrogen and oxygen atoms in total. The fourth-order valence-electron chi connectivity index (χ4n) is 4.35. The number of hydrogen-bond donors (Lipinski definition) is 1. The van der Waals surface area contributed by atoms with Gasteiger partial charge in [0.15, 0.2) is 0 Å². The summed E-state index contributed by atoms with van der Waals surface area (Å²) in [5.41, 5.74) is 0. The average molecular weight is 384 g/mol. The summed E-state index contributed by atoms with van der Waals surface area (Å²) in [4.78, 5) is 23.9. The van der Waals surface area contributed by atoms with Crippen molar-refractivity contribution in [3.05, 3.63) is 0 Å². The highest BCUT2D eigenvalue weighted by molar-refractivity contribution is 5.80. The van der Waals surface area contributed by atoms with E-state index in [-0.39, 0.29) is 19.3 Å². The highest BCUT2D eigenvalue weighted by Gasteiger charge is 2.26. The van der Waals surface area contributed by atoms with Gasteiger partial charge in [0.05, 0.1) is 18.3 Å². The third-order valence-corrected chi connectivity index (χ3v) is 5.88. The Morgan fingerprint density at radius 1 is 1.00 bits per heavy atom. The number of nitrogens with one attached hydrogen (secondary N) is 1. The quantitative estimate of drug-likeness (QED) is 0.567. The minimum atomic E-state index is 0. The van der Waals surface area contributed by atoms with Crippen molar-refractivity contribution in [1.29, 1.82) is 0 Å². The maximum atomic E-state index is 12.1. The molecule has 0 saturated heterocycles. The molecular weight excluding hydrogens is 342 g/mol. The van der Waals surface area contributed by atoms with Crippen molar-refractivity contribution in [2.75, 3.05) is 6.61 Å². The van der Waals surface area contributed by atoms with Crippen LogP contribution in [-0.2, 0) is 19.1 Å². The van der Waals surface area contributed by atoms with E-state index >= 15 is 0 Å². The van der Waals surface area contributed by atoms with Crippen LogP contribution in [0.15, 0.2) is 0 Å². The first kappa shape index (κ1) is 22.4. The molecule has 2 aliphatic carbocycles. The third kappa shape index (κ3) is 8.30. The summed E-state index contributed by atoms with van der Waals surface area (Å²) in [6.07, 6.45) is 10.9. The molecule has 2 rings (SSSR count). The number of hydrogen-bond acceptors (Lipinski definition) is 4. The van der Waals surface area contributed by atoms with E-state index in [9.17, 15) is 9.59 Å². The molecule has 27 heavy (non-hydrogen) atoms. The first-order valence-electron chi connectivity index (χ1n) is 11.1. The van der Waals surface area contributed by atoms with E-state index in [0.29, 0.717) is 43.5 Å². The molecule has 0 radical (unpaired) electrons. The molecule has 0 aromatic heterocycles. The van der Waals surface area contributed by atoms with Crippen LogP contribution in [0.1, 0.15) is 92.8 Å². The molecule has 0 spiro atoms. The second kappa shape index (κ2) is 11.8. The van der Waals surface area contributed by atoms with Gasteiger partial charge in [0.1, 0.15) is 5.78 Å². The van der Waals surface area contributed by atoms with Gasteiger partial charge in [0.25, 0.3) is 0 Å². The Morgan fingerprint density at radius 2 is 1.63 bits per heavy atom. The van der Waals surface area contributed by atoms with Gasteiger partial charge >= 0.3 is 0 Å². The van der Waals surface area contributed by atoms with Gasteiger partial charge < -0.3 is 14.8 Å². The zero-order valence-electron chi connectivity index (χ0n) is 17.5. The molecule has 0 bridgehead atoms. The summed E-state index contributed by atoms with van der Waals surface area (Å²) < 4.78 is 11.8. The zero-order valence-corrected chi connectivity index (χ0v) is 17.5. The van der Waals surface area contributed by atoms with E-state index in [1.165, 1.54) is 0 Å². The van der Waals surface area contributed by atoms with Gasteiger partial charge in [-0.1, -0.05) is 6.92 Å². The molecular formula is C22H41NO4. The van der Waals surface area contributed by atoms with Crippen LogP contribution < -0.4 is 5.32 Å². The fraction of sp³-hybridized carbons (Fsp3) is 0.909. The van der Waals surface area contributed by atoms with Gasteiger partial charge in [0.2, 0.25) is 5.91 Å². The van der Waals surface area contributed by atoms with Crippen molar-refractivity contribution in [3.8, 4) is 0 Å². The lowest BCUT2D eigenvalue weighted by atomic mass is 9.83. The molecule has 0 unspecified atom stereocenters. The monoisotopic (exact) mass is 383 g/mol. The zero-order chi connectivity index (χ0) is 19.6. The minimum absolute atomic E-state index is 0. The van der Waals surface area contributed by atoms with Gasteiger partial charge in [-0.2, -0.15) is 0 Å². The second-order valence-corrected chi connectivity index (χ2v) is 8.49. The summed E-state index contributed by atoms with van der Waals surface area (Å²) in [6, 6.07) is 0.246. The molecule has 2 saturated carbocycles. The largest absolute Gasteiger partial charge is 0.378 e. The molecule has 2 aliphatic rings. The summed E-state index contributed by atoms with van der Waals surface area (Å²) in [5.74, 6) is 0.720. The standard InChI is InChI=1S/C22H39NO4.H2/c1-4-21(24)17-7-9-18(10-8-17)23-22(25)6-5-15-26-19-11-13-20(14-12-19)27-16(2)3;/h16-20H,4-15H2,1-3H3,(H,23,25);1H. The smallest absolute Gasteiger partial charge is 0.220 e. The van der Waals surface area contributed by atoms with Gasteiger partial charge in [-0.15, -0.1) is 0 Å². The molecule has 5 heteroatoms. The predicted molar refractivity (Wildman–Crippen MR) is 109 cm³/mol. The van der Waals surface area contributed by atoms with E-state index in [1.54, 1.807) is 0 Å². The Balaban J connectivity index is 0.00000392. The number of Topliss-reactive ketones (excluding diaryl/α,β-unsaturated/α-hetero) is 1. The summed E-state index contributed by atoms with van der Waals surface area (Å²) >= 11 is 0. The van der Waals surface area contributed by atoms with Crippen LogP contribution in [0.5, 0.6) is 0 Å². The second-order valence-electron chi connectivity index (χ2n) is 8.49. The Labute approximate surface area is 166 Å². The van der Waals surface area contributed by atoms with Crippen molar-refractivity contribution in [2.24, 2.45) is 5.92 Å². The molecule has 1 amide bonds. The summed E-state index contributed by atoms with van der Waals surface area (Å²) in [5, 5.41) is 3.14. The van der Waals surface area contributed by atoms with Gasteiger partial charge in [-0.25, -0.2) is 0 Å². The Bertz CT molecular complexity index is 455. The third-order valence-electron chi connectivity index (χ3n) is 5.88. The lowest BCUT2D eigenvalue weighted by molar-refractivity contribution is -0.124. The van der Waals surface area contributed by atoms with Crippen LogP contribution in [0.4, 0.5) is 0 Å². The maximum absolute atomic E-state index is 12.1. The van der Waals surface area contributed by atoms with Gasteiger partial charge in [0, 0.05) is 32.8 Å². The SMILES string of the molecule is CCC(=O)C1CCC(NC(=O)CCCOC2CCC(OC(C)C)CC2)CC1.[HH]. The van der Waals surface area contributed by atoms with Crippen LogP contribution in [0, 0.1) is 5.92 Å². The van der Waals surface area contributed by atoms with Crippen molar-refractivity contribution in [2.45, 2.75) is 116 Å². The lowest BCUT2D eigenvalue weighted by Crippen LogP contribution is -2.38. The maximum Gasteiger partial charge on any atom is 0.220 e. The van der Waals surface area contributed by atoms with E-state index in [1.807, 2.05) is 6.92 Å². The van der Waals surface area contributed by atoms with E-state index < -0.39 is 0 Å². The topological polar surface area (TPSA) is 64.6 Å². The molecule has 0 atom stereocenters. The number of rotatable bonds is 10. The minimum Gasteiger partial charge on any atom is -0.378 e. The molecule has 2 fully saturated rings. The van der Waals surface area contributed by atoms with Gasteiger partial charge in [-0.05, 0) is 71.6 Å². The van der Waals surface area contributed by atoms with E-state index in [2.05, 4.69) is 19.2 Å². The highest BCUT2D eigenvalue weighted by atomic mass is 16.5. The molecule has 1 N–H and O–H groups in total. The van der Waals surface area contributed by atoms with Crippen LogP contribution >= 0.6 is 0 Å². The molecule has 158 valence electrons. The predicted octanol–water partition coefficient (Wildman–Crippen LogP) is 4.42. The number of ketones is 1. The van der Waals surface area contributed by atoms with Crippen LogP contribution in [0.3, 0.4) is 0 Å². The van der Waals surface area contributed by atoms with Crippen molar-refractivity contribution in [3.63, 3.8) is 0 Å². The number of carbonyl (C=O) groups is 2. The van der Waals surface area contributed by atoms with E-state index in [0.717, 1.165) is 57.8 Å². The van der Waals surface area contributed by atoms with Crippen molar-refractivity contribution in [1.82, 2.24) is 5.32 Å². The van der Waals surface area contributed by atoms with Crippen LogP contribution in [0.25, 0.3) is 0 Å². The number of carbonyl (C=O) groups excluding carboxylic acids is 2. The number of ether oxygens (including phenoxy) is 2. The van der Waals surface area contributed by atoms with Crippen molar-refractivity contribution >= 4 is 11.7 Å². The van der Waals surface area contributed by atoms with Crippen LogP contribution in [0.2, 0.25) is 0 Å². The average Bonchev–Trinajstić information content (AvgIpc) is 2.66.